The van der Waals surface area contributed by atoms with E-state index in [-0.39, 0.29) is 31.6 Å². The van der Waals surface area contributed by atoms with E-state index in [9.17, 15) is 19.5 Å². The van der Waals surface area contributed by atoms with Gasteiger partial charge in [-0.3, -0.25) is 14.4 Å². The maximum absolute atomic E-state index is 14.8. The van der Waals surface area contributed by atoms with Gasteiger partial charge in [0.05, 0.1) is 31.3 Å². The van der Waals surface area contributed by atoms with Crippen LogP contribution in [0.25, 0.3) is 0 Å². The molecule has 2 aromatic rings. The molecule has 1 spiro atoms. The van der Waals surface area contributed by atoms with Gasteiger partial charge in [-0.25, -0.2) is 0 Å². The molecule has 42 heavy (non-hydrogen) atoms. The number of methoxy groups -OCH3 is 1. The van der Waals surface area contributed by atoms with Crippen molar-refractivity contribution in [2.24, 2.45) is 11.8 Å². The predicted octanol–water partition coefficient (Wildman–Crippen LogP) is 3.31. The van der Waals surface area contributed by atoms with Crippen LogP contribution in [0, 0.1) is 11.8 Å². The molecule has 2 aromatic carbocycles. The van der Waals surface area contributed by atoms with Crippen molar-refractivity contribution in [2.75, 3.05) is 31.8 Å². The van der Waals surface area contributed by atoms with Crippen molar-refractivity contribution in [1.29, 1.82) is 0 Å². The number of aliphatic hydroxyl groups is 1. The van der Waals surface area contributed by atoms with Gasteiger partial charge in [0, 0.05) is 12.2 Å². The maximum atomic E-state index is 14.8. The second-order valence-electron chi connectivity index (χ2n) is 11.4. The summed E-state index contributed by atoms with van der Waals surface area (Å²) in [5, 5.41) is 10.7. The van der Waals surface area contributed by atoms with E-state index in [1.54, 1.807) is 42.4 Å². The van der Waals surface area contributed by atoms with Gasteiger partial charge in [0.15, 0.2) is 0 Å². The summed E-state index contributed by atoms with van der Waals surface area (Å²) in [6.07, 6.45) is 4.31. The van der Waals surface area contributed by atoms with E-state index in [1.807, 2.05) is 37.3 Å². The summed E-state index contributed by atoms with van der Waals surface area (Å²) in [6, 6.07) is 14.7. The zero-order valence-corrected chi connectivity index (χ0v) is 24.1. The highest BCUT2D eigenvalue weighted by molar-refractivity contribution is 6.05. The van der Waals surface area contributed by atoms with Crippen molar-refractivity contribution in [1.82, 2.24) is 4.90 Å². The second-order valence-corrected chi connectivity index (χ2v) is 11.4. The van der Waals surface area contributed by atoms with E-state index in [2.05, 4.69) is 13.2 Å². The minimum Gasteiger partial charge on any atom is -0.497 e. The van der Waals surface area contributed by atoms with Gasteiger partial charge in [0.2, 0.25) is 5.91 Å². The zero-order chi connectivity index (χ0) is 30.1. The second kappa shape index (κ2) is 11.7. The third-order valence-electron chi connectivity index (χ3n) is 8.93. The normalized spacial score (nSPS) is 28.2. The number of carbonyl (C=O) groups is 3. The summed E-state index contributed by atoms with van der Waals surface area (Å²) in [6.45, 7) is 9.10. The molecule has 3 aliphatic heterocycles. The molecular weight excluding hydrogens is 536 g/mol. The molecule has 9 heteroatoms. The number of rotatable bonds is 12. The Labute approximate surface area is 246 Å². The van der Waals surface area contributed by atoms with Gasteiger partial charge >= 0.3 is 5.97 Å². The fourth-order valence-corrected chi connectivity index (χ4v) is 7.12. The Morgan fingerprint density at radius 1 is 1.14 bits per heavy atom. The van der Waals surface area contributed by atoms with Gasteiger partial charge in [-0.2, -0.15) is 0 Å². The molecule has 2 amide bonds. The first-order valence-electron chi connectivity index (χ1n) is 14.3. The minimum absolute atomic E-state index is 0.00323. The number of carbonyl (C=O) groups excluding carboxylic acids is 3. The molecule has 0 aromatic heterocycles. The SMILES string of the molecule is C=CCOC(=O)[C@H]1[C@H]2C(=O)N([C@@H](CO)Cc3ccccc3)C(C(=O)N(CC=C)c3ccc(OC)cc3)C23CC[C@]1(C)O3. The highest BCUT2D eigenvalue weighted by Gasteiger charge is 2.79. The average molecular weight is 575 g/mol. The summed E-state index contributed by atoms with van der Waals surface area (Å²) in [4.78, 5) is 45.7. The van der Waals surface area contributed by atoms with Gasteiger partial charge in [0.25, 0.3) is 5.91 Å². The molecule has 0 aliphatic carbocycles. The first-order valence-corrected chi connectivity index (χ1v) is 14.3. The van der Waals surface area contributed by atoms with Crippen molar-refractivity contribution in [3.05, 3.63) is 85.5 Å². The quantitative estimate of drug-likeness (QED) is 0.306. The van der Waals surface area contributed by atoms with Gasteiger partial charge in [-0.15, -0.1) is 6.58 Å². The fourth-order valence-electron chi connectivity index (χ4n) is 7.12. The molecule has 3 saturated heterocycles. The van der Waals surface area contributed by atoms with E-state index < -0.39 is 41.1 Å². The van der Waals surface area contributed by atoms with Crippen LogP contribution in [-0.2, 0) is 30.3 Å². The third-order valence-corrected chi connectivity index (χ3v) is 8.93. The number of benzene rings is 2. The van der Waals surface area contributed by atoms with E-state index in [0.717, 1.165) is 5.56 Å². The van der Waals surface area contributed by atoms with Crippen LogP contribution in [0.4, 0.5) is 5.69 Å². The molecular formula is C33H38N2O7. The number of ether oxygens (including phenoxy) is 3. The van der Waals surface area contributed by atoms with Crippen LogP contribution in [0.1, 0.15) is 25.3 Å². The first-order chi connectivity index (χ1) is 20.2. The van der Waals surface area contributed by atoms with Crippen LogP contribution in [0.3, 0.4) is 0 Å². The molecule has 3 heterocycles. The molecule has 9 nitrogen and oxygen atoms in total. The Hall–Kier alpha value is -3.95. The molecule has 2 unspecified atom stereocenters. The Kier molecular flexibility index (Phi) is 8.25. The van der Waals surface area contributed by atoms with Gasteiger partial charge in [-0.05, 0) is 56.0 Å². The number of hydrogen-bond acceptors (Lipinski definition) is 7. The first kappa shape index (κ1) is 29.5. The molecule has 0 saturated carbocycles. The van der Waals surface area contributed by atoms with Crippen molar-refractivity contribution in [3.63, 3.8) is 0 Å². The van der Waals surface area contributed by atoms with Crippen LogP contribution in [0.15, 0.2) is 79.9 Å². The highest BCUT2D eigenvalue weighted by atomic mass is 16.6. The Morgan fingerprint density at radius 2 is 1.86 bits per heavy atom. The van der Waals surface area contributed by atoms with Crippen molar-refractivity contribution >= 4 is 23.5 Å². The average Bonchev–Trinajstić information content (AvgIpc) is 3.58. The number of anilines is 1. The van der Waals surface area contributed by atoms with E-state index >= 15 is 0 Å². The lowest BCUT2D eigenvalue weighted by molar-refractivity contribution is -0.159. The number of amides is 2. The van der Waals surface area contributed by atoms with Crippen LogP contribution >= 0.6 is 0 Å². The summed E-state index contributed by atoms with van der Waals surface area (Å²) in [7, 11) is 1.57. The van der Waals surface area contributed by atoms with E-state index in [0.29, 0.717) is 30.7 Å². The Bertz CT molecular complexity index is 1350. The molecule has 3 aliphatic rings. The number of aliphatic hydroxyl groups excluding tert-OH is 1. The predicted molar refractivity (Wildman–Crippen MR) is 157 cm³/mol. The molecule has 3 fully saturated rings. The minimum atomic E-state index is -1.27. The highest BCUT2D eigenvalue weighted by Crippen LogP contribution is 2.63. The van der Waals surface area contributed by atoms with E-state index in [1.165, 1.54) is 11.0 Å². The molecule has 1 N–H and O–H groups in total. The standard InChI is InChI=1S/C33H38N2O7/c1-5-18-34(23-12-14-25(40-4)15-13-23)30(38)28-33-17-16-32(3,42-33)27(31(39)41-19-6-2)26(33)29(37)35(28)24(21-36)20-22-10-8-7-9-11-22/h5-15,24,26-28,36H,1-2,16-21H2,3-4H3/t24-,26+,27-,28?,32+,33?/m1/s1. The monoisotopic (exact) mass is 574 g/mol. The van der Waals surface area contributed by atoms with Gasteiger partial charge in [0.1, 0.15) is 29.9 Å². The Balaban J connectivity index is 1.61. The molecule has 222 valence electrons. The summed E-state index contributed by atoms with van der Waals surface area (Å²) in [5.41, 5.74) is -0.739. The largest absolute Gasteiger partial charge is 0.497 e. The van der Waals surface area contributed by atoms with Crippen molar-refractivity contribution in [3.8, 4) is 5.75 Å². The smallest absolute Gasteiger partial charge is 0.313 e. The lowest BCUT2D eigenvalue weighted by atomic mass is 9.66. The number of fused-ring (bicyclic) bond motifs is 1. The lowest BCUT2D eigenvalue weighted by Gasteiger charge is -2.39. The molecule has 6 atom stereocenters. The summed E-state index contributed by atoms with van der Waals surface area (Å²) < 4.78 is 17.5. The zero-order valence-electron chi connectivity index (χ0n) is 24.1. The summed E-state index contributed by atoms with van der Waals surface area (Å²) in [5.74, 6) is -2.51. The fraction of sp³-hybridized carbons (Fsp3) is 0.424. The number of esters is 1. The Morgan fingerprint density at radius 3 is 2.48 bits per heavy atom. The maximum Gasteiger partial charge on any atom is 0.313 e. The van der Waals surface area contributed by atoms with Crippen LogP contribution in [-0.4, -0.2) is 77.9 Å². The lowest BCUT2D eigenvalue weighted by Crippen LogP contribution is -2.59. The number of hydrogen-bond donors (Lipinski definition) is 1. The van der Waals surface area contributed by atoms with Gasteiger partial charge in [-0.1, -0.05) is 49.1 Å². The van der Waals surface area contributed by atoms with Crippen LogP contribution in [0.2, 0.25) is 0 Å². The van der Waals surface area contributed by atoms with Crippen LogP contribution in [0.5, 0.6) is 5.75 Å². The topological polar surface area (TPSA) is 106 Å². The number of nitrogens with zero attached hydrogens (tertiary/aromatic N) is 2. The number of likely N-dealkylation sites (tertiary alicyclic amines) is 1. The molecule has 0 radical (unpaired) electrons. The third kappa shape index (κ3) is 4.80. The van der Waals surface area contributed by atoms with Crippen molar-refractivity contribution in [2.45, 2.75) is 49.5 Å². The molecule has 2 bridgehead atoms. The van der Waals surface area contributed by atoms with Gasteiger partial charge < -0.3 is 29.1 Å². The molecule has 5 rings (SSSR count). The summed E-state index contributed by atoms with van der Waals surface area (Å²) >= 11 is 0. The van der Waals surface area contributed by atoms with Crippen molar-refractivity contribution < 1.29 is 33.7 Å². The van der Waals surface area contributed by atoms with E-state index in [4.69, 9.17) is 14.2 Å². The van der Waals surface area contributed by atoms with Crippen LogP contribution < -0.4 is 9.64 Å².